The highest BCUT2D eigenvalue weighted by Gasteiger charge is 2.45. The molecule has 6 heteroatoms. The quantitative estimate of drug-likeness (QED) is 0.729. The predicted molar refractivity (Wildman–Crippen MR) is 95.2 cm³/mol. The minimum absolute atomic E-state index is 0. The van der Waals surface area contributed by atoms with Gasteiger partial charge in [0.05, 0.1) is 0 Å². The zero-order valence-electron chi connectivity index (χ0n) is 13.6. The van der Waals surface area contributed by atoms with Crippen molar-refractivity contribution < 1.29 is 13.2 Å². The monoisotopic (exact) mass is 368 g/mol. The van der Waals surface area contributed by atoms with Gasteiger partial charge in [0.2, 0.25) is 0 Å². The van der Waals surface area contributed by atoms with Gasteiger partial charge in [0.1, 0.15) is 6.04 Å². The second-order valence-electron chi connectivity index (χ2n) is 6.48. The lowest BCUT2D eigenvalue weighted by Gasteiger charge is -2.36. The minimum atomic E-state index is -4.27. The van der Waals surface area contributed by atoms with Crippen LogP contribution in [-0.2, 0) is 6.42 Å². The Bertz CT molecular complexity index is 755. The smallest absolute Gasteiger partial charge is 0.314 e. The molecule has 1 N–H and O–H groups in total. The van der Waals surface area contributed by atoms with Crippen molar-refractivity contribution in [1.82, 2.24) is 10.2 Å². The van der Waals surface area contributed by atoms with Crippen molar-refractivity contribution in [3.63, 3.8) is 0 Å². The van der Waals surface area contributed by atoms with E-state index in [9.17, 15) is 13.2 Å². The molecule has 0 aromatic heterocycles. The van der Waals surface area contributed by atoms with Gasteiger partial charge in [-0.2, -0.15) is 13.2 Å². The predicted octanol–water partition coefficient (Wildman–Crippen LogP) is 4.19. The summed E-state index contributed by atoms with van der Waals surface area (Å²) in [5, 5.41) is 3.12. The molecule has 2 aliphatic rings. The van der Waals surface area contributed by atoms with Gasteiger partial charge in [0, 0.05) is 26.2 Å². The summed E-state index contributed by atoms with van der Waals surface area (Å²) in [6.45, 7) is 2.04. The minimum Gasteiger partial charge on any atom is -0.314 e. The molecular weight excluding hydrogens is 349 g/mol. The zero-order valence-corrected chi connectivity index (χ0v) is 14.5. The van der Waals surface area contributed by atoms with Crippen LogP contribution < -0.4 is 5.32 Å². The summed E-state index contributed by atoms with van der Waals surface area (Å²) in [4.78, 5) is 1.54. The molecule has 2 nitrogen and oxygen atoms in total. The molecule has 1 aliphatic carbocycles. The fourth-order valence-corrected chi connectivity index (χ4v) is 3.88. The number of hydrogen-bond donors (Lipinski definition) is 1. The van der Waals surface area contributed by atoms with Crippen molar-refractivity contribution in [3.05, 3.63) is 59.2 Å². The third-order valence-electron chi connectivity index (χ3n) is 4.96. The van der Waals surface area contributed by atoms with E-state index in [0.29, 0.717) is 38.2 Å². The summed E-state index contributed by atoms with van der Waals surface area (Å²) in [6.07, 6.45) is -3.55. The van der Waals surface area contributed by atoms with E-state index in [0.717, 1.165) is 16.7 Å². The van der Waals surface area contributed by atoms with Gasteiger partial charge < -0.3 is 5.32 Å². The van der Waals surface area contributed by atoms with Crippen molar-refractivity contribution in [2.24, 2.45) is 0 Å². The third-order valence-corrected chi connectivity index (χ3v) is 4.96. The number of rotatable bonds is 2. The van der Waals surface area contributed by atoms with Gasteiger partial charge in [0.15, 0.2) is 0 Å². The highest BCUT2D eigenvalue weighted by Crippen LogP contribution is 2.42. The van der Waals surface area contributed by atoms with Crippen LogP contribution in [0.1, 0.15) is 22.7 Å². The highest BCUT2D eigenvalue weighted by molar-refractivity contribution is 5.85. The van der Waals surface area contributed by atoms with Crippen LogP contribution in [0.2, 0.25) is 0 Å². The average Bonchev–Trinajstić information content (AvgIpc) is 2.92. The van der Waals surface area contributed by atoms with Gasteiger partial charge in [-0.1, -0.05) is 42.5 Å². The maximum Gasteiger partial charge on any atom is 0.408 e. The number of halogens is 4. The summed E-state index contributed by atoms with van der Waals surface area (Å²) >= 11 is 0. The third kappa shape index (κ3) is 3.41. The lowest BCUT2D eigenvalue weighted by Crippen LogP contribution is -2.49. The van der Waals surface area contributed by atoms with Crippen LogP contribution in [0.15, 0.2) is 42.5 Å². The second kappa shape index (κ2) is 6.98. The van der Waals surface area contributed by atoms with Gasteiger partial charge in [-0.15, -0.1) is 12.4 Å². The molecule has 0 amide bonds. The topological polar surface area (TPSA) is 15.3 Å². The fourth-order valence-electron chi connectivity index (χ4n) is 3.88. The molecule has 0 saturated carbocycles. The molecule has 1 fully saturated rings. The molecular formula is C19H20ClF3N2. The first-order valence-electron chi connectivity index (χ1n) is 8.26. The molecule has 2 aromatic rings. The van der Waals surface area contributed by atoms with Gasteiger partial charge in [0.25, 0.3) is 0 Å². The Hall–Kier alpha value is -1.56. The van der Waals surface area contributed by atoms with Gasteiger partial charge in [-0.05, 0) is 34.2 Å². The van der Waals surface area contributed by atoms with Gasteiger partial charge >= 0.3 is 6.18 Å². The normalized spacial score (nSPS) is 18.2. The van der Waals surface area contributed by atoms with Crippen LogP contribution >= 0.6 is 12.4 Å². The van der Waals surface area contributed by atoms with E-state index in [-0.39, 0.29) is 12.4 Å². The van der Waals surface area contributed by atoms with Crippen molar-refractivity contribution in [2.45, 2.75) is 18.6 Å². The summed E-state index contributed by atoms with van der Waals surface area (Å²) < 4.78 is 41.2. The molecule has 1 aliphatic heterocycles. The molecule has 4 rings (SSSR count). The summed E-state index contributed by atoms with van der Waals surface area (Å²) in [6, 6.07) is 11.8. The number of nitrogens with one attached hydrogen (secondary N) is 1. The second-order valence-corrected chi connectivity index (χ2v) is 6.48. The number of piperazine rings is 1. The van der Waals surface area contributed by atoms with E-state index >= 15 is 0 Å². The Labute approximate surface area is 151 Å². The molecule has 1 saturated heterocycles. The first-order valence-corrected chi connectivity index (χ1v) is 8.26. The van der Waals surface area contributed by atoms with Crippen LogP contribution in [0.25, 0.3) is 11.1 Å². The number of nitrogens with zero attached hydrogens (tertiary/aromatic N) is 1. The summed E-state index contributed by atoms with van der Waals surface area (Å²) in [5.74, 6) is 0. The molecule has 0 unspecified atom stereocenters. The molecule has 1 heterocycles. The number of hydrogen-bond acceptors (Lipinski definition) is 2. The standard InChI is InChI=1S/C19H19F3N2.ClH/c20-19(21,22)18(24-9-7-23-8-10-24)14-5-6-17-15(12-14)11-13-3-1-2-4-16(13)17;/h1-6,12,18,23H,7-11H2;1H/t18-;/m1./s1. The van der Waals surface area contributed by atoms with Crippen molar-refractivity contribution in [1.29, 1.82) is 0 Å². The molecule has 134 valence electrons. The molecule has 1 atom stereocenters. The van der Waals surface area contributed by atoms with Gasteiger partial charge in [-0.3, -0.25) is 4.90 Å². The van der Waals surface area contributed by atoms with E-state index in [1.807, 2.05) is 30.3 Å². The fraction of sp³-hybridized carbons (Fsp3) is 0.368. The van der Waals surface area contributed by atoms with Crippen LogP contribution in [-0.4, -0.2) is 37.3 Å². The molecule has 25 heavy (non-hydrogen) atoms. The Morgan fingerprint density at radius 2 is 1.60 bits per heavy atom. The van der Waals surface area contributed by atoms with Crippen LogP contribution in [0.4, 0.5) is 13.2 Å². The van der Waals surface area contributed by atoms with Crippen molar-refractivity contribution in [2.75, 3.05) is 26.2 Å². The summed E-state index contributed by atoms with van der Waals surface area (Å²) in [7, 11) is 0. The summed E-state index contributed by atoms with van der Waals surface area (Å²) in [5.41, 5.74) is 4.75. The average molecular weight is 369 g/mol. The SMILES string of the molecule is Cl.FC(F)(F)[C@@H](c1ccc2c(c1)Cc1ccccc1-2)N1CCNCC1. The zero-order chi connectivity index (χ0) is 16.7. The molecule has 0 spiro atoms. The Balaban J connectivity index is 0.00000182. The lowest BCUT2D eigenvalue weighted by atomic mass is 9.98. The first kappa shape index (κ1) is 18.2. The maximum absolute atomic E-state index is 13.7. The Kier molecular flexibility index (Phi) is 5.09. The van der Waals surface area contributed by atoms with E-state index in [1.54, 1.807) is 17.0 Å². The van der Waals surface area contributed by atoms with Crippen LogP contribution in [0.5, 0.6) is 0 Å². The van der Waals surface area contributed by atoms with E-state index in [1.165, 1.54) is 5.56 Å². The van der Waals surface area contributed by atoms with E-state index in [2.05, 4.69) is 5.32 Å². The van der Waals surface area contributed by atoms with Crippen molar-refractivity contribution in [3.8, 4) is 11.1 Å². The van der Waals surface area contributed by atoms with Crippen molar-refractivity contribution >= 4 is 12.4 Å². The van der Waals surface area contributed by atoms with E-state index < -0.39 is 12.2 Å². The highest BCUT2D eigenvalue weighted by atomic mass is 35.5. The van der Waals surface area contributed by atoms with Gasteiger partial charge in [-0.25, -0.2) is 0 Å². The molecule has 0 radical (unpaired) electrons. The number of benzene rings is 2. The Morgan fingerprint density at radius 3 is 2.32 bits per heavy atom. The first-order chi connectivity index (χ1) is 11.5. The lowest BCUT2D eigenvalue weighted by molar-refractivity contribution is -0.187. The number of alkyl halides is 3. The van der Waals surface area contributed by atoms with E-state index in [4.69, 9.17) is 0 Å². The Morgan fingerprint density at radius 1 is 0.920 bits per heavy atom. The van der Waals surface area contributed by atoms with Crippen LogP contribution in [0.3, 0.4) is 0 Å². The van der Waals surface area contributed by atoms with Crippen LogP contribution in [0, 0.1) is 0 Å². The molecule has 2 aromatic carbocycles. The maximum atomic E-state index is 13.7. The number of fused-ring (bicyclic) bond motifs is 3. The molecule has 0 bridgehead atoms. The largest absolute Gasteiger partial charge is 0.408 e.